The summed E-state index contributed by atoms with van der Waals surface area (Å²) in [6, 6.07) is 6.53. The van der Waals surface area contributed by atoms with Gasteiger partial charge in [0.05, 0.1) is 11.6 Å². The SMILES string of the molecule is Cn1cc(CN2CCC3(CCN(Cc4cccc(F)c4)C3=O)C2)cn1.O=C(O)C(F)(F)F. The number of hydrogen-bond acceptors (Lipinski definition) is 4. The van der Waals surface area contributed by atoms with E-state index in [2.05, 4.69) is 10.00 Å². The number of carboxylic acids is 1. The van der Waals surface area contributed by atoms with Crippen LogP contribution in [0.5, 0.6) is 0 Å². The Labute approximate surface area is 182 Å². The van der Waals surface area contributed by atoms with Gasteiger partial charge in [-0.25, -0.2) is 9.18 Å². The highest BCUT2D eigenvalue weighted by Crippen LogP contribution is 2.41. The Morgan fingerprint density at radius 1 is 1.19 bits per heavy atom. The van der Waals surface area contributed by atoms with Crippen molar-refractivity contribution in [1.82, 2.24) is 19.6 Å². The van der Waals surface area contributed by atoms with Crippen molar-refractivity contribution in [3.63, 3.8) is 0 Å². The molecule has 1 N–H and O–H groups in total. The zero-order valence-electron chi connectivity index (χ0n) is 17.5. The Morgan fingerprint density at radius 2 is 1.88 bits per heavy atom. The third-order valence-electron chi connectivity index (χ3n) is 5.70. The van der Waals surface area contributed by atoms with Gasteiger partial charge in [0, 0.05) is 45.0 Å². The molecule has 1 amide bonds. The number of halogens is 4. The molecule has 1 aromatic carbocycles. The summed E-state index contributed by atoms with van der Waals surface area (Å²) in [6.07, 6.45) is 0.631. The van der Waals surface area contributed by atoms with Crippen molar-refractivity contribution >= 4 is 11.9 Å². The van der Waals surface area contributed by atoms with Crippen LogP contribution < -0.4 is 0 Å². The van der Waals surface area contributed by atoms with Gasteiger partial charge in [0.2, 0.25) is 5.91 Å². The molecule has 32 heavy (non-hydrogen) atoms. The number of alkyl halides is 3. The van der Waals surface area contributed by atoms with Crippen molar-refractivity contribution in [2.45, 2.75) is 32.1 Å². The molecule has 0 aliphatic carbocycles. The highest BCUT2D eigenvalue weighted by molar-refractivity contribution is 5.85. The number of carbonyl (C=O) groups excluding carboxylic acids is 1. The molecule has 4 rings (SSSR count). The lowest BCUT2D eigenvalue weighted by Crippen LogP contribution is -2.36. The molecule has 0 saturated carbocycles. The summed E-state index contributed by atoms with van der Waals surface area (Å²) in [5, 5.41) is 11.3. The van der Waals surface area contributed by atoms with E-state index >= 15 is 0 Å². The Balaban J connectivity index is 0.000000360. The summed E-state index contributed by atoms with van der Waals surface area (Å²) in [4.78, 5) is 26.1. The fourth-order valence-corrected chi connectivity index (χ4v) is 4.18. The maximum absolute atomic E-state index is 13.4. The van der Waals surface area contributed by atoms with Gasteiger partial charge >= 0.3 is 12.1 Å². The van der Waals surface area contributed by atoms with Crippen molar-refractivity contribution in [1.29, 1.82) is 0 Å². The Morgan fingerprint density at radius 3 is 2.47 bits per heavy atom. The normalized spacial score (nSPS) is 21.2. The third-order valence-corrected chi connectivity index (χ3v) is 5.70. The summed E-state index contributed by atoms with van der Waals surface area (Å²) >= 11 is 0. The second-order valence-corrected chi connectivity index (χ2v) is 8.17. The van der Waals surface area contributed by atoms with Crippen LogP contribution in [-0.4, -0.2) is 62.4 Å². The van der Waals surface area contributed by atoms with Gasteiger partial charge in [0.25, 0.3) is 0 Å². The molecule has 2 aliphatic heterocycles. The lowest BCUT2D eigenvalue weighted by molar-refractivity contribution is -0.192. The minimum atomic E-state index is -5.08. The van der Waals surface area contributed by atoms with Crippen LogP contribution in [0, 0.1) is 11.2 Å². The van der Waals surface area contributed by atoms with Crippen LogP contribution in [0.3, 0.4) is 0 Å². The van der Waals surface area contributed by atoms with Crippen LogP contribution in [0.15, 0.2) is 36.7 Å². The van der Waals surface area contributed by atoms with E-state index < -0.39 is 12.1 Å². The lowest BCUT2D eigenvalue weighted by Gasteiger charge is -2.23. The van der Waals surface area contributed by atoms with Crippen molar-refractivity contribution in [2.75, 3.05) is 19.6 Å². The number of hydrogen-bond donors (Lipinski definition) is 1. The highest BCUT2D eigenvalue weighted by atomic mass is 19.4. The first-order chi connectivity index (χ1) is 15.0. The molecule has 0 bridgehead atoms. The molecule has 174 valence electrons. The molecule has 1 spiro atoms. The minimum Gasteiger partial charge on any atom is -0.475 e. The van der Waals surface area contributed by atoms with Gasteiger partial charge in [-0.1, -0.05) is 12.1 Å². The number of aliphatic carboxylic acids is 1. The van der Waals surface area contributed by atoms with Crippen LogP contribution in [0.25, 0.3) is 0 Å². The first-order valence-electron chi connectivity index (χ1n) is 10.0. The number of rotatable bonds is 4. The van der Waals surface area contributed by atoms with E-state index in [1.807, 2.05) is 35.1 Å². The molecule has 2 aromatic rings. The number of benzene rings is 1. The van der Waals surface area contributed by atoms with Crippen molar-refractivity contribution in [3.8, 4) is 0 Å². The van der Waals surface area contributed by atoms with Crippen molar-refractivity contribution in [2.24, 2.45) is 12.5 Å². The highest BCUT2D eigenvalue weighted by Gasteiger charge is 2.50. The minimum absolute atomic E-state index is 0.227. The summed E-state index contributed by atoms with van der Waals surface area (Å²) < 4.78 is 46.9. The molecule has 0 radical (unpaired) electrons. The maximum Gasteiger partial charge on any atom is 0.490 e. The molecular weight excluding hydrogens is 432 g/mol. The van der Waals surface area contributed by atoms with E-state index in [1.54, 1.807) is 6.07 Å². The van der Waals surface area contributed by atoms with E-state index in [-0.39, 0.29) is 17.1 Å². The molecule has 1 aromatic heterocycles. The van der Waals surface area contributed by atoms with Crippen LogP contribution in [-0.2, 0) is 29.7 Å². The summed E-state index contributed by atoms with van der Waals surface area (Å²) in [6.45, 7) is 3.85. The van der Waals surface area contributed by atoms with Gasteiger partial charge in [-0.15, -0.1) is 0 Å². The van der Waals surface area contributed by atoms with Gasteiger partial charge in [0.1, 0.15) is 5.82 Å². The zero-order chi connectivity index (χ0) is 23.5. The van der Waals surface area contributed by atoms with Gasteiger partial charge in [0.15, 0.2) is 0 Å². The summed E-state index contributed by atoms with van der Waals surface area (Å²) in [5.41, 5.74) is 1.78. The average molecular weight is 456 g/mol. The van der Waals surface area contributed by atoms with Gasteiger partial charge in [-0.05, 0) is 37.1 Å². The fraction of sp³-hybridized carbons (Fsp3) is 0.476. The third kappa shape index (κ3) is 5.64. The van der Waals surface area contributed by atoms with Crippen LogP contribution >= 0.6 is 0 Å². The standard InChI is InChI=1S/C19H23FN4O.C2HF3O2/c1-22-11-16(10-21-22)12-23-7-5-19(14-23)6-8-24(18(19)25)13-15-3-2-4-17(20)9-15;3-2(4,5)1(6)7/h2-4,9-11H,5-8,12-14H2,1H3;(H,6,7). The Kier molecular flexibility index (Phi) is 6.87. The smallest absolute Gasteiger partial charge is 0.475 e. The number of aromatic nitrogens is 2. The van der Waals surface area contributed by atoms with Crippen LogP contribution in [0.4, 0.5) is 17.6 Å². The Hall–Kier alpha value is -2.95. The predicted molar refractivity (Wildman–Crippen MR) is 106 cm³/mol. The molecule has 2 aliphatic rings. The first kappa shape index (κ1) is 23.7. The quantitative estimate of drug-likeness (QED) is 0.716. The number of aryl methyl sites for hydroxylation is 1. The van der Waals surface area contributed by atoms with E-state index in [1.165, 1.54) is 17.7 Å². The van der Waals surface area contributed by atoms with Crippen molar-refractivity contribution in [3.05, 3.63) is 53.6 Å². The van der Waals surface area contributed by atoms with Gasteiger partial charge in [-0.2, -0.15) is 18.3 Å². The summed E-state index contributed by atoms with van der Waals surface area (Å²) in [7, 11) is 1.92. The molecule has 2 fully saturated rings. The van der Waals surface area contributed by atoms with Crippen LogP contribution in [0.2, 0.25) is 0 Å². The first-order valence-corrected chi connectivity index (χ1v) is 10.0. The molecule has 1 atom stereocenters. The van der Waals surface area contributed by atoms with Crippen LogP contribution in [0.1, 0.15) is 24.0 Å². The number of likely N-dealkylation sites (tertiary alicyclic amines) is 2. The second-order valence-electron chi connectivity index (χ2n) is 8.17. The maximum atomic E-state index is 13.4. The molecular formula is C21H24F4N4O3. The van der Waals surface area contributed by atoms with E-state index in [9.17, 15) is 22.4 Å². The number of nitrogens with zero attached hydrogens (tertiary/aromatic N) is 4. The van der Waals surface area contributed by atoms with Crippen molar-refractivity contribution < 1.29 is 32.3 Å². The predicted octanol–water partition coefficient (Wildman–Crippen LogP) is 2.82. The molecule has 1 unspecified atom stereocenters. The number of carbonyl (C=O) groups is 2. The summed E-state index contributed by atoms with van der Waals surface area (Å²) in [5.74, 6) is -2.78. The zero-order valence-corrected chi connectivity index (χ0v) is 17.5. The second kappa shape index (κ2) is 9.27. The largest absolute Gasteiger partial charge is 0.490 e. The van der Waals surface area contributed by atoms with Gasteiger partial charge in [-0.3, -0.25) is 14.4 Å². The monoisotopic (exact) mass is 456 g/mol. The fourth-order valence-electron chi connectivity index (χ4n) is 4.18. The molecule has 3 heterocycles. The Bertz CT molecular complexity index is 978. The lowest BCUT2D eigenvalue weighted by atomic mass is 9.85. The number of carboxylic acid groups (broad SMARTS) is 1. The number of amides is 1. The van der Waals surface area contributed by atoms with E-state index in [4.69, 9.17) is 9.90 Å². The van der Waals surface area contributed by atoms with E-state index in [0.717, 1.165) is 44.6 Å². The average Bonchev–Trinajstić information content (AvgIpc) is 3.38. The molecule has 2 saturated heterocycles. The topological polar surface area (TPSA) is 78.7 Å². The molecule has 7 nitrogen and oxygen atoms in total. The van der Waals surface area contributed by atoms with E-state index in [0.29, 0.717) is 6.54 Å². The molecule has 11 heteroatoms. The van der Waals surface area contributed by atoms with Gasteiger partial charge < -0.3 is 10.0 Å².